The first-order valence-corrected chi connectivity index (χ1v) is 17.5. The Morgan fingerprint density at radius 2 is 1.60 bits per heavy atom. The van der Waals surface area contributed by atoms with E-state index >= 15 is 0 Å². The molecule has 1 aliphatic carbocycles. The van der Waals surface area contributed by atoms with Crippen molar-refractivity contribution in [3.8, 4) is 22.8 Å². The largest absolute Gasteiger partial charge is 0.494 e. The second-order valence-electron chi connectivity index (χ2n) is 11.9. The van der Waals surface area contributed by atoms with Gasteiger partial charge in [0, 0.05) is 54.6 Å². The average Bonchev–Trinajstić information content (AvgIpc) is 3.53. The fourth-order valence-electron chi connectivity index (χ4n) is 5.93. The van der Waals surface area contributed by atoms with E-state index in [1.165, 1.54) is 47.6 Å². The van der Waals surface area contributed by atoms with Gasteiger partial charge >= 0.3 is 0 Å². The number of nitrogens with two attached hydrogens (primary N) is 1. The number of amidine groups is 1. The van der Waals surface area contributed by atoms with Crippen LogP contribution >= 0.6 is 11.3 Å². The van der Waals surface area contributed by atoms with Crippen LogP contribution in [0.25, 0.3) is 11.3 Å². The molecule has 5 rings (SSSR count). The standard InChI is InChI=1S/C35H49N5O4S/c36-34(39-41)28-11-15-31(16-12-28)44-24-6-2-5-23-43-30-13-9-27(10-14-30)33-32(45-35(38-33)29-7-3-1-4-8-29)17-18-37-19-20-40-21-25-42-26-22-40/h9-16,29,37,41H,1-8,17-26H2,(H2,36,39). The van der Waals surface area contributed by atoms with Crippen molar-refractivity contribution in [3.05, 3.63) is 64.0 Å². The van der Waals surface area contributed by atoms with Crippen LogP contribution in [-0.4, -0.2) is 80.1 Å². The van der Waals surface area contributed by atoms with E-state index < -0.39 is 0 Å². The van der Waals surface area contributed by atoms with Crippen LogP contribution in [0.5, 0.6) is 11.5 Å². The molecule has 1 aromatic heterocycles. The lowest BCUT2D eigenvalue weighted by Gasteiger charge is -2.26. The zero-order valence-corrected chi connectivity index (χ0v) is 27.2. The van der Waals surface area contributed by atoms with Crippen molar-refractivity contribution in [3.63, 3.8) is 0 Å². The third-order valence-electron chi connectivity index (χ3n) is 8.62. The van der Waals surface area contributed by atoms with Crippen molar-refractivity contribution in [2.24, 2.45) is 10.9 Å². The summed E-state index contributed by atoms with van der Waals surface area (Å²) in [7, 11) is 0. The maximum absolute atomic E-state index is 8.77. The number of rotatable bonds is 17. The van der Waals surface area contributed by atoms with E-state index in [4.69, 9.17) is 30.1 Å². The Hall–Kier alpha value is -3.18. The van der Waals surface area contributed by atoms with E-state index in [1.54, 1.807) is 12.1 Å². The monoisotopic (exact) mass is 635 g/mol. The van der Waals surface area contributed by atoms with Crippen LogP contribution in [0.3, 0.4) is 0 Å². The van der Waals surface area contributed by atoms with Crippen molar-refractivity contribution in [2.75, 3.05) is 59.2 Å². The number of unbranched alkanes of at least 4 members (excludes halogenated alkanes) is 2. The fourth-order valence-corrected chi connectivity index (χ4v) is 7.18. The number of aromatic nitrogens is 1. The van der Waals surface area contributed by atoms with Gasteiger partial charge in [0.05, 0.1) is 37.1 Å². The van der Waals surface area contributed by atoms with Crippen molar-refractivity contribution >= 4 is 17.2 Å². The molecule has 0 amide bonds. The molecule has 45 heavy (non-hydrogen) atoms. The quantitative estimate of drug-likeness (QED) is 0.0541. The molecule has 4 N–H and O–H groups in total. The molecule has 0 radical (unpaired) electrons. The van der Waals surface area contributed by atoms with Crippen LogP contribution < -0.4 is 20.5 Å². The van der Waals surface area contributed by atoms with Gasteiger partial charge in [-0.05, 0) is 87.1 Å². The predicted molar refractivity (Wildman–Crippen MR) is 181 cm³/mol. The number of oxime groups is 1. The highest BCUT2D eigenvalue weighted by Gasteiger charge is 2.22. The lowest BCUT2D eigenvalue weighted by atomic mass is 9.90. The number of nitrogens with zero attached hydrogens (tertiary/aromatic N) is 3. The smallest absolute Gasteiger partial charge is 0.170 e. The molecule has 244 valence electrons. The van der Waals surface area contributed by atoms with Crippen LogP contribution in [-0.2, 0) is 11.2 Å². The SMILES string of the molecule is NC(=NO)c1ccc(OCCCCCOc2ccc(-c3nc(C4CCCCC4)sc3CCNCCN3CCOCC3)cc2)cc1. The van der Waals surface area contributed by atoms with E-state index in [0.29, 0.717) is 24.7 Å². The summed E-state index contributed by atoms with van der Waals surface area (Å²) in [5.74, 6) is 2.38. The van der Waals surface area contributed by atoms with E-state index in [2.05, 4.69) is 39.6 Å². The van der Waals surface area contributed by atoms with Gasteiger partial charge in [-0.2, -0.15) is 0 Å². The number of thiazole rings is 1. The van der Waals surface area contributed by atoms with Crippen LogP contribution in [0.2, 0.25) is 0 Å². The molecule has 0 spiro atoms. The minimum Gasteiger partial charge on any atom is -0.494 e. The van der Waals surface area contributed by atoms with E-state index in [-0.39, 0.29) is 5.84 Å². The molecule has 0 unspecified atom stereocenters. The molecule has 10 heteroatoms. The van der Waals surface area contributed by atoms with Crippen LogP contribution in [0.15, 0.2) is 53.7 Å². The zero-order chi connectivity index (χ0) is 31.1. The highest BCUT2D eigenvalue weighted by Crippen LogP contribution is 2.39. The Labute approximate surface area is 271 Å². The van der Waals surface area contributed by atoms with Crippen molar-refractivity contribution in [1.82, 2.24) is 15.2 Å². The van der Waals surface area contributed by atoms with E-state index in [0.717, 1.165) is 88.8 Å². The van der Waals surface area contributed by atoms with Gasteiger partial charge < -0.3 is 30.5 Å². The van der Waals surface area contributed by atoms with Gasteiger partial charge in [0.15, 0.2) is 5.84 Å². The molecule has 2 heterocycles. The third-order valence-corrected chi connectivity index (χ3v) is 9.89. The van der Waals surface area contributed by atoms with Gasteiger partial charge in [0.1, 0.15) is 11.5 Å². The summed E-state index contributed by atoms with van der Waals surface area (Å²) < 4.78 is 17.3. The van der Waals surface area contributed by atoms with Crippen molar-refractivity contribution in [2.45, 2.75) is 63.7 Å². The normalized spacial score (nSPS) is 16.6. The lowest BCUT2D eigenvalue weighted by molar-refractivity contribution is 0.0385. The Morgan fingerprint density at radius 3 is 2.27 bits per heavy atom. The Kier molecular flexibility index (Phi) is 13.3. The molecule has 9 nitrogen and oxygen atoms in total. The summed E-state index contributed by atoms with van der Waals surface area (Å²) in [6.07, 6.45) is 10.5. The van der Waals surface area contributed by atoms with Gasteiger partial charge in [-0.1, -0.05) is 24.4 Å². The maximum atomic E-state index is 8.77. The summed E-state index contributed by atoms with van der Waals surface area (Å²) in [6, 6.07) is 15.7. The molecular formula is C35H49N5O4S. The summed E-state index contributed by atoms with van der Waals surface area (Å²) in [6.45, 7) is 8.16. The van der Waals surface area contributed by atoms with Crippen LogP contribution in [0.4, 0.5) is 0 Å². The van der Waals surface area contributed by atoms with Gasteiger partial charge in [-0.25, -0.2) is 4.98 Å². The first kappa shape index (κ1) is 33.2. The molecule has 0 bridgehead atoms. The zero-order valence-electron chi connectivity index (χ0n) is 26.4. The minimum atomic E-state index is 0.0895. The molecule has 1 saturated heterocycles. The number of nitrogens with one attached hydrogen (secondary N) is 1. The summed E-state index contributed by atoms with van der Waals surface area (Å²) in [4.78, 5) is 9.11. The van der Waals surface area contributed by atoms with E-state index in [9.17, 15) is 0 Å². The van der Waals surface area contributed by atoms with Crippen molar-refractivity contribution in [1.29, 1.82) is 0 Å². The number of morpholine rings is 1. The summed E-state index contributed by atoms with van der Waals surface area (Å²) >= 11 is 1.94. The number of hydrogen-bond acceptors (Lipinski definition) is 9. The molecule has 2 aliphatic rings. The van der Waals surface area contributed by atoms with Gasteiger partial charge in [-0.15, -0.1) is 11.3 Å². The summed E-state index contributed by atoms with van der Waals surface area (Å²) in [5, 5.41) is 16.8. The molecule has 1 aliphatic heterocycles. The van der Waals surface area contributed by atoms with Crippen LogP contribution in [0, 0.1) is 0 Å². The first-order chi connectivity index (χ1) is 22.2. The topological polar surface area (TPSA) is 114 Å². The van der Waals surface area contributed by atoms with Gasteiger partial charge in [0.25, 0.3) is 0 Å². The number of hydrogen-bond donors (Lipinski definition) is 3. The van der Waals surface area contributed by atoms with Gasteiger partial charge in [-0.3, -0.25) is 4.90 Å². The molecule has 3 aromatic rings. The lowest BCUT2D eigenvalue weighted by Crippen LogP contribution is -2.40. The molecule has 2 aromatic carbocycles. The molecule has 1 saturated carbocycles. The van der Waals surface area contributed by atoms with Crippen molar-refractivity contribution < 1.29 is 19.4 Å². The average molecular weight is 636 g/mol. The second kappa shape index (κ2) is 18.1. The van der Waals surface area contributed by atoms with Crippen LogP contribution in [0.1, 0.15) is 72.7 Å². The highest BCUT2D eigenvalue weighted by molar-refractivity contribution is 7.12. The number of ether oxygens (including phenoxy) is 3. The predicted octanol–water partition coefficient (Wildman–Crippen LogP) is 6.04. The molecule has 2 fully saturated rings. The molecular weight excluding hydrogens is 586 g/mol. The molecule has 0 atom stereocenters. The summed E-state index contributed by atoms with van der Waals surface area (Å²) in [5.41, 5.74) is 8.60. The Balaban J connectivity index is 1.06. The fraction of sp³-hybridized carbons (Fsp3) is 0.543. The first-order valence-electron chi connectivity index (χ1n) is 16.6. The van der Waals surface area contributed by atoms with Gasteiger partial charge in [0.2, 0.25) is 0 Å². The van der Waals surface area contributed by atoms with E-state index in [1.807, 2.05) is 23.5 Å². The Morgan fingerprint density at radius 1 is 0.933 bits per heavy atom. The minimum absolute atomic E-state index is 0.0895. The third kappa shape index (κ3) is 10.4. The second-order valence-corrected chi connectivity index (χ2v) is 13.0. The highest BCUT2D eigenvalue weighted by atomic mass is 32.1. The maximum Gasteiger partial charge on any atom is 0.170 e. The Bertz CT molecular complexity index is 1300. The number of benzene rings is 2.